The van der Waals surface area contributed by atoms with Gasteiger partial charge in [-0.3, -0.25) is 0 Å². The monoisotopic (exact) mass is 363 g/mol. The number of esters is 1. The van der Waals surface area contributed by atoms with Crippen molar-refractivity contribution >= 4 is 34.0 Å². The molecular formula is C22H18ClNO2. The topological polar surface area (TPSA) is 29.5 Å². The normalized spacial score (nSPS) is 15.3. The van der Waals surface area contributed by atoms with Crippen molar-refractivity contribution in [2.24, 2.45) is 0 Å². The van der Waals surface area contributed by atoms with Gasteiger partial charge in [-0.15, -0.1) is 0 Å². The molecule has 0 unspecified atom stereocenters. The molecule has 0 fully saturated rings. The Morgan fingerprint density at radius 3 is 2.77 bits per heavy atom. The number of para-hydroxylation sites is 1. The second-order valence-corrected chi connectivity index (χ2v) is 6.72. The summed E-state index contributed by atoms with van der Waals surface area (Å²) in [5.41, 5.74) is 6.37. The molecular weight excluding hydrogens is 346 g/mol. The number of hydrogen-bond donors (Lipinski definition) is 0. The third kappa shape index (κ3) is 2.56. The van der Waals surface area contributed by atoms with Gasteiger partial charge in [-0.25, -0.2) is 4.79 Å². The van der Waals surface area contributed by atoms with Crippen molar-refractivity contribution < 1.29 is 9.53 Å². The summed E-state index contributed by atoms with van der Waals surface area (Å²) in [5, 5.41) is 0.764. The van der Waals surface area contributed by atoms with Crippen molar-refractivity contribution in [3.05, 3.63) is 88.7 Å². The van der Waals surface area contributed by atoms with Gasteiger partial charge in [-0.2, -0.15) is 0 Å². The van der Waals surface area contributed by atoms with E-state index < -0.39 is 0 Å². The second-order valence-electron chi connectivity index (χ2n) is 6.34. The van der Waals surface area contributed by atoms with Crippen LogP contribution in [-0.4, -0.2) is 13.1 Å². The fourth-order valence-corrected chi connectivity index (χ4v) is 3.81. The molecule has 4 heteroatoms. The van der Waals surface area contributed by atoms with Gasteiger partial charge >= 0.3 is 5.97 Å². The van der Waals surface area contributed by atoms with Crippen molar-refractivity contribution in [3.8, 4) is 0 Å². The zero-order chi connectivity index (χ0) is 18.3. The van der Waals surface area contributed by atoms with Crippen LogP contribution in [0, 0.1) is 6.92 Å². The van der Waals surface area contributed by atoms with Gasteiger partial charge in [0.05, 0.1) is 34.8 Å². The number of halogens is 1. The number of anilines is 2. The van der Waals surface area contributed by atoms with Crippen LogP contribution < -0.4 is 4.90 Å². The van der Waals surface area contributed by atoms with Gasteiger partial charge in [0.25, 0.3) is 0 Å². The van der Waals surface area contributed by atoms with Crippen LogP contribution in [0.2, 0.25) is 0 Å². The van der Waals surface area contributed by atoms with Crippen LogP contribution in [0.5, 0.6) is 0 Å². The van der Waals surface area contributed by atoms with Gasteiger partial charge in [0.1, 0.15) is 0 Å². The maximum absolute atomic E-state index is 12.4. The van der Waals surface area contributed by atoms with Gasteiger partial charge in [0.2, 0.25) is 0 Å². The van der Waals surface area contributed by atoms with Crippen LogP contribution >= 0.6 is 11.6 Å². The first-order valence-electron chi connectivity index (χ1n) is 8.46. The summed E-state index contributed by atoms with van der Waals surface area (Å²) in [6.07, 6.45) is 6.91. The zero-order valence-corrected chi connectivity index (χ0v) is 15.4. The molecule has 2 aromatic carbocycles. The fourth-order valence-electron chi connectivity index (χ4n) is 3.48. The summed E-state index contributed by atoms with van der Waals surface area (Å²) in [4.78, 5) is 14.5. The first-order valence-corrected chi connectivity index (χ1v) is 8.84. The predicted octanol–water partition coefficient (Wildman–Crippen LogP) is 5.73. The maximum atomic E-state index is 12.4. The van der Waals surface area contributed by atoms with Crippen molar-refractivity contribution in [2.45, 2.75) is 13.3 Å². The Bertz CT molecular complexity index is 1000. The number of benzene rings is 2. The first-order chi connectivity index (χ1) is 12.6. The number of allylic oxidation sites excluding steroid dienone is 4. The van der Waals surface area contributed by atoms with Gasteiger partial charge in [0.15, 0.2) is 0 Å². The third-order valence-electron chi connectivity index (χ3n) is 4.71. The Morgan fingerprint density at radius 2 is 1.96 bits per heavy atom. The molecule has 0 aromatic heterocycles. The number of rotatable bonds is 2. The van der Waals surface area contributed by atoms with Gasteiger partial charge in [0, 0.05) is 5.56 Å². The van der Waals surface area contributed by atoms with E-state index in [0.717, 1.165) is 45.2 Å². The SMILES string of the molecule is COC(=O)c1ccc(C)cc1N1C2=CC=CCC2=C(Cl)c2ccccc21. The maximum Gasteiger partial charge on any atom is 0.339 e. The van der Waals surface area contributed by atoms with E-state index in [4.69, 9.17) is 16.3 Å². The van der Waals surface area contributed by atoms with Crippen LogP contribution in [0.15, 0.2) is 72.0 Å². The summed E-state index contributed by atoms with van der Waals surface area (Å²) in [5.74, 6) is -0.355. The second kappa shape index (κ2) is 6.50. The Hall–Kier alpha value is -2.78. The molecule has 0 N–H and O–H groups in total. The standard InChI is InChI=1S/C22H18ClNO2/c1-14-11-12-17(22(25)26-2)20(13-14)24-18-9-5-3-7-15(18)21(23)16-8-4-6-10-19(16)24/h3-7,9-13H,8H2,1-2H3. The number of aryl methyl sites for hydroxylation is 1. The summed E-state index contributed by atoms with van der Waals surface area (Å²) in [7, 11) is 1.40. The van der Waals surface area contributed by atoms with Gasteiger partial charge < -0.3 is 9.64 Å². The highest BCUT2D eigenvalue weighted by atomic mass is 35.5. The largest absolute Gasteiger partial charge is 0.465 e. The minimum atomic E-state index is -0.355. The summed E-state index contributed by atoms with van der Waals surface area (Å²) in [6.45, 7) is 2.01. The molecule has 2 aliphatic rings. The van der Waals surface area contributed by atoms with E-state index in [2.05, 4.69) is 11.0 Å². The predicted molar refractivity (Wildman–Crippen MR) is 106 cm³/mol. The molecule has 1 aliphatic carbocycles. The highest BCUT2D eigenvalue weighted by molar-refractivity contribution is 6.50. The van der Waals surface area contributed by atoms with Crippen molar-refractivity contribution in [1.29, 1.82) is 0 Å². The molecule has 0 saturated heterocycles. The van der Waals surface area contributed by atoms with E-state index in [1.165, 1.54) is 7.11 Å². The number of carbonyl (C=O) groups excluding carboxylic acids is 1. The van der Waals surface area contributed by atoms with Crippen LogP contribution in [0.3, 0.4) is 0 Å². The number of hydrogen-bond acceptors (Lipinski definition) is 3. The van der Waals surface area contributed by atoms with Crippen LogP contribution in [0.1, 0.15) is 27.9 Å². The number of fused-ring (bicyclic) bond motifs is 2. The Kier molecular flexibility index (Phi) is 4.17. The lowest BCUT2D eigenvalue weighted by Crippen LogP contribution is -2.25. The van der Waals surface area contributed by atoms with Crippen LogP contribution in [0.4, 0.5) is 11.4 Å². The summed E-state index contributed by atoms with van der Waals surface area (Å²) >= 11 is 6.72. The summed E-state index contributed by atoms with van der Waals surface area (Å²) < 4.78 is 5.02. The number of ether oxygens (including phenoxy) is 1. The zero-order valence-electron chi connectivity index (χ0n) is 14.6. The average molecular weight is 364 g/mol. The Labute approximate surface area is 157 Å². The molecule has 0 amide bonds. The minimum absolute atomic E-state index is 0.355. The third-order valence-corrected chi connectivity index (χ3v) is 5.14. The van der Waals surface area contributed by atoms with Crippen molar-refractivity contribution in [1.82, 2.24) is 0 Å². The van der Waals surface area contributed by atoms with Crippen LogP contribution in [0.25, 0.3) is 5.03 Å². The van der Waals surface area contributed by atoms with E-state index in [0.29, 0.717) is 5.56 Å². The van der Waals surface area contributed by atoms with E-state index in [1.807, 2.05) is 61.5 Å². The molecule has 1 heterocycles. The Morgan fingerprint density at radius 1 is 1.15 bits per heavy atom. The minimum Gasteiger partial charge on any atom is -0.465 e. The van der Waals surface area contributed by atoms with E-state index in [-0.39, 0.29) is 5.97 Å². The quantitative estimate of drug-likeness (QED) is 0.638. The lowest BCUT2D eigenvalue weighted by atomic mass is 9.92. The number of carbonyl (C=O) groups is 1. The molecule has 0 spiro atoms. The number of methoxy groups -OCH3 is 1. The van der Waals surface area contributed by atoms with Crippen molar-refractivity contribution in [3.63, 3.8) is 0 Å². The lowest BCUT2D eigenvalue weighted by Gasteiger charge is -2.37. The highest BCUT2D eigenvalue weighted by Gasteiger charge is 2.31. The molecule has 26 heavy (non-hydrogen) atoms. The summed E-state index contributed by atoms with van der Waals surface area (Å²) in [6, 6.07) is 13.7. The molecule has 0 atom stereocenters. The molecule has 0 saturated carbocycles. The smallest absolute Gasteiger partial charge is 0.339 e. The van der Waals surface area contributed by atoms with E-state index in [1.54, 1.807) is 0 Å². The lowest BCUT2D eigenvalue weighted by molar-refractivity contribution is 0.0601. The fraction of sp³-hybridized carbons (Fsp3) is 0.136. The van der Waals surface area contributed by atoms with Crippen LogP contribution in [-0.2, 0) is 4.74 Å². The average Bonchev–Trinajstić information content (AvgIpc) is 2.68. The van der Waals surface area contributed by atoms with E-state index in [9.17, 15) is 4.79 Å². The molecule has 2 aromatic rings. The van der Waals surface area contributed by atoms with Gasteiger partial charge in [-0.05, 0) is 48.8 Å². The van der Waals surface area contributed by atoms with Gasteiger partial charge in [-0.1, -0.05) is 48.0 Å². The van der Waals surface area contributed by atoms with Crippen molar-refractivity contribution in [2.75, 3.05) is 12.0 Å². The Balaban J connectivity index is 2.02. The number of nitrogens with zero attached hydrogens (tertiary/aromatic N) is 1. The molecule has 3 nitrogen and oxygen atoms in total. The highest BCUT2D eigenvalue weighted by Crippen LogP contribution is 2.48. The first kappa shape index (κ1) is 16.7. The molecule has 4 rings (SSSR count). The molecule has 0 radical (unpaired) electrons. The molecule has 0 bridgehead atoms. The molecule has 130 valence electrons. The van der Waals surface area contributed by atoms with E-state index >= 15 is 0 Å². The molecule has 1 aliphatic heterocycles.